The molecule has 2 aliphatic heterocycles. The molecule has 0 radical (unpaired) electrons. The van der Waals surface area contributed by atoms with Crippen LogP contribution < -0.4 is 5.56 Å². The molecule has 3 aliphatic rings. The molecule has 1 aromatic heterocycles. The molecule has 1 amide bonds. The number of benzene rings is 2. The number of hydrogen-bond donors (Lipinski definition) is 0. The SMILES string of the molecule is O=C([C@@H]1CSC[C@H]1c1ccccc1)N1CCC(Cn2cnc(-c3ccccc3)cc2=O)C2(CCCC2)C1. The van der Waals surface area contributed by atoms with Crippen molar-refractivity contribution < 1.29 is 4.79 Å². The van der Waals surface area contributed by atoms with E-state index in [0.29, 0.717) is 24.3 Å². The zero-order chi connectivity index (χ0) is 25.2. The van der Waals surface area contributed by atoms with Crippen molar-refractivity contribution in [2.45, 2.75) is 44.6 Å². The van der Waals surface area contributed by atoms with Gasteiger partial charge in [0.15, 0.2) is 0 Å². The van der Waals surface area contributed by atoms with Gasteiger partial charge in [-0.3, -0.25) is 14.2 Å². The normalized spacial score (nSPS) is 25.0. The second kappa shape index (κ2) is 10.5. The molecule has 3 heterocycles. The Hall–Kier alpha value is -2.86. The van der Waals surface area contributed by atoms with Gasteiger partial charge in [0.1, 0.15) is 0 Å². The second-order valence-corrected chi connectivity index (χ2v) is 12.2. The van der Waals surface area contributed by atoms with Crippen LogP contribution in [-0.2, 0) is 11.3 Å². The van der Waals surface area contributed by atoms with Gasteiger partial charge in [0.05, 0.1) is 17.9 Å². The molecule has 3 aromatic rings. The van der Waals surface area contributed by atoms with Crippen molar-refractivity contribution in [1.29, 1.82) is 0 Å². The van der Waals surface area contributed by atoms with E-state index < -0.39 is 0 Å². The Kier molecular flexibility index (Phi) is 6.94. The van der Waals surface area contributed by atoms with Crippen LogP contribution in [0.5, 0.6) is 0 Å². The summed E-state index contributed by atoms with van der Waals surface area (Å²) in [6.07, 6.45) is 7.40. The third-order valence-electron chi connectivity index (χ3n) is 9.02. The predicted molar refractivity (Wildman–Crippen MR) is 150 cm³/mol. The van der Waals surface area contributed by atoms with E-state index in [0.717, 1.165) is 55.1 Å². The largest absolute Gasteiger partial charge is 0.342 e. The standard InChI is InChI=1S/C31H35N3O2S/c35-29-17-28(24-11-5-2-6-12-24)32-22-34(29)18-25-13-16-33(21-31(25)14-7-8-15-31)30(36)27-20-37-19-26(27)23-9-3-1-4-10-23/h1-6,9-12,17,22,25-27H,7-8,13-16,18-21H2/t25?,26-,27+/m0/s1. The lowest BCUT2D eigenvalue weighted by Crippen LogP contribution is -2.53. The highest BCUT2D eigenvalue weighted by atomic mass is 32.2. The van der Waals surface area contributed by atoms with Crippen molar-refractivity contribution >= 4 is 17.7 Å². The maximum absolute atomic E-state index is 13.9. The van der Waals surface area contributed by atoms with Gasteiger partial charge in [0, 0.05) is 48.7 Å². The first-order valence-corrected chi connectivity index (χ1v) is 14.8. The molecule has 1 aliphatic carbocycles. The van der Waals surface area contributed by atoms with Crippen LogP contribution in [0.2, 0.25) is 0 Å². The third-order valence-corrected chi connectivity index (χ3v) is 10.2. The van der Waals surface area contributed by atoms with Crippen molar-refractivity contribution in [1.82, 2.24) is 14.5 Å². The van der Waals surface area contributed by atoms with Crippen LogP contribution in [0.1, 0.15) is 43.6 Å². The highest BCUT2D eigenvalue weighted by molar-refractivity contribution is 7.99. The minimum Gasteiger partial charge on any atom is -0.342 e. The van der Waals surface area contributed by atoms with E-state index in [1.165, 1.54) is 18.4 Å². The van der Waals surface area contributed by atoms with Gasteiger partial charge in [-0.1, -0.05) is 73.5 Å². The summed E-state index contributed by atoms with van der Waals surface area (Å²) in [7, 11) is 0. The molecule has 37 heavy (non-hydrogen) atoms. The monoisotopic (exact) mass is 513 g/mol. The number of carbonyl (C=O) groups excluding carboxylic acids is 1. The van der Waals surface area contributed by atoms with Crippen LogP contribution in [0.3, 0.4) is 0 Å². The van der Waals surface area contributed by atoms with Gasteiger partial charge in [-0.05, 0) is 36.2 Å². The second-order valence-electron chi connectivity index (χ2n) is 11.1. The average molecular weight is 514 g/mol. The molecule has 6 rings (SSSR count). The Morgan fingerprint density at radius 2 is 1.73 bits per heavy atom. The summed E-state index contributed by atoms with van der Waals surface area (Å²) < 4.78 is 1.80. The summed E-state index contributed by atoms with van der Waals surface area (Å²) in [4.78, 5) is 33.7. The first-order valence-electron chi connectivity index (χ1n) is 13.7. The smallest absolute Gasteiger partial charge is 0.253 e. The summed E-state index contributed by atoms with van der Waals surface area (Å²) >= 11 is 1.91. The van der Waals surface area contributed by atoms with Gasteiger partial charge >= 0.3 is 0 Å². The molecular formula is C31H35N3O2S. The Bertz CT molecular complexity index is 1290. The van der Waals surface area contributed by atoms with E-state index in [1.807, 2.05) is 48.2 Å². The van der Waals surface area contributed by atoms with E-state index in [4.69, 9.17) is 0 Å². The van der Waals surface area contributed by atoms with Crippen molar-refractivity contribution in [3.63, 3.8) is 0 Å². The first kappa shape index (κ1) is 24.5. The van der Waals surface area contributed by atoms with Gasteiger partial charge < -0.3 is 4.90 Å². The summed E-state index contributed by atoms with van der Waals surface area (Å²) in [5, 5.41) is 0. The Labute approximate surface area is 223 Å². The maximum atomic E-state index is 13.9. The quantitative estimate of drug-likeness (QED) is 0.454. The zero-order valence-corrected chi connectivity index (χ0v) is 22.1. The minimum absolute atomic E-state index is 0.00851. The lowest BCUT2D eigenvalue weighted by Gasteiger charge is -2.47. The molecule has 1 spiro atoms. The van der Waals surface area contributed by atoms with E-state index >= 15 is 0 Å². The molecule has 5 nitrogen and oxygen atoms in total. The Balaban J connectivity index is 1.18. The fourth-order valence-corrected chi connectivity index (χ4v) is 8.40. The number of nitrogens with zero attached hydrogens (tertiary/aromatic N) is 3. The number of likely N-dealkylation sites (tertiary alicyclic amines) is 1. The van der Waals surface area contributed by atoms with Gasteiger partial charge in [-0.15, -0.1) is 0 Å². The molecule has 1 unspecified atom stereocenters. The van der Waals surface area contributed by atoms with Crippen molar-refractivity contribution in [3.05, 3.63) is 89.0 Å². The molecule has 0 N–H and O–H groups in total. The van der Waals surface area contributed by atoms with E-state index in [1.54, 1.807) is 17.0 Å². The van der Waals surface area contributed by atoms with Gasteiger partial charge in [-0.25, -0.2) is 4.98 Å². The summed E-state index contributed by atoms with van der Waals surface area (Å²) in [5.74, 6) is 3.05. The number of aromatic nitrogens is 2. The highest BCUT2D eigenvalue weighted by Crippen LogP contribution is 2.50. The number of thioether (sulfide) groups is 1. The lowest BCUT2D eigenvalue weighted by atomic mass is 9.69. The molecule has 2 aromatic carbocycles. The summed E-state index contributed by atoms with van der Waals surface area (Å²) in [5.41, 5.74) is 3.10. The number of piperidine rings is 1. The zero-order valence-electron chi connectivity index (χ0n) is 21.3. The number of rotatable bonds is 5. The van der Waals surface area contributed by atoms with Gasteiger partial charge in [0.2, 0.25) is 5.91 Å². The van der Waals surface area contributed by atoms with Crippen molar-refractivity contribution in [3.8, 4) is 11.3 Å². The Morgan fingerprint density at radius 1 is 1.00 bits per heavy atom. The number of hydrogen-bond acceptors (Lipinski definition) is 4. The maximum Gasteiger partial charge on any atom is 0.253 e. The van der Waals surface area contributed by atoms with Gasteiger partial charge in [-0.2, -0.15) is 11.8 Å². The van der Waals surface area contributed by atoms with Crippen LogP contribution in [0.25, 0.3) is 11.3 Å². The highest BCUT2D eigenvalue weighted by Gasteiger charge is 2.48. The lowest BCUT2D eigenvalue weighted by molar-refractivity contribution is -0.140. The number of carbonyl (C=O) groups is 1. The number of amides is 1. The van der Waals surface area contributed by atoms with Crippen molar-refractivity contribution in [2.75, 3.05) is 24.6 Å². The topological polar surface area (TPSA) is 55.2 Å². The fourth-order valence-electron chi connectivity index (χ4n) is 6.95. The first-order chi connectivity index (χ1) is 18.1. The molecule has 3 atom stereocenters. The molecule has 2 saturated heterocycles. The molecule has 192 valence electrons. The third kappa shape index (κ3) is 4.88. The van der Waals surface area contributed by atoms with Crippen LogP contribution in [-0.4, -0.2) is 45.0 Å². The van der Waals surface area contributed by atoms with Crippen LogP contribution in [0.4, 0.5) is 0 Å². The van der Waals surface area contributed by atoms with E-state index in [-0.39, 0.29) is 16.9 Å². The molecule has 0 bridgehead atoms. The molecular weight excluding hydrogens is 478 g/mol. The summed E-state index contributed by atoms with van der Waals surface area (Å²) in [6, 6.07) is 22.1. The van der Waals surface area contributed by atoms with E-state index in [2.05, 4.69) is 34.1 Å². The minimum atomic E-state index is 0.00851. The van der Waals surface area contributed by atoms with Crippen LogP contribution >= 0.6 is 11.8 Å². The summed E-state index contributed by atoms with van der Waals surface area (Å²) in [6.45, 7) is 2.32. The molecule has 3 fully saturated rings. The molecule has 1 saturated carbocycles. The average Bonchev–Trinajstić information content (AvgIpc) is 3.62. The van der Waals surface area contributed by atoms with Crippen LogP contribution in [0.15, 0.2) is 77.9 Å². The Morgan fingerprint density at radius 3 is 2.46 bits per heavy atom. The predicted octanol–water partition coefficient (Wildman–Crippen LogP) is 5.47. The van der Waals surface area contributed by atoms with Crippen molar-refractivity contribution in [2.24, 2.45) is 17.3 Å². The van der Waals surface area contributed by atoms with Gasteiger partial charge in [0.25, 0.3) is 5.56 Å². The van der Waals surface area contributed by atoms with Crippen LogP contribution in [0, 0.1) is 17.3 Å². The van der Waals surface area contributed by atoms with E-state index in [9.17, 15) is 9.59 Å². The fraction of sp³-hybridized carbons (Fsp3) is 0.452. The molecule has 6 heteroatoms.